The number of benzene rings is 2. The summed E-state index contributed by atoms with van der Waals surface area (Å²) in [6.45, 7) is 0.369. The molecule has 0 bridgehead atoms. The number of carbonyl (C=O) groups is 1. The number of hydrogen-bond acceptors (Lipinski definition) is 4. The van der Waals surface area contributed by atoms with Gasteiger partial charge in [0.15, 0.2) is 0 Å². The van der Waals surface area contributed by atoms with Gasteiger partial charge in [-0.1, -0.05) is 47.7 Å². The van der Waals surface area contributed by atoms with Gasteiger partial charge in [-0.25, -0.2) is 4.68 Å². The Balaban J connectivity index is 1.41. The number of carbonyl (C=O) groups excluding carboxylic acids is 1. The molecule has 0 fully saturated rings. The third-order valence-electron chi connectivity index (χ3n) is 4.01. The Kier molecular flexibility index (Phi) is 4.26. The zero-order valence-corrected chi connectivity index (χ0v) is 14.2. The number of nitrogens with zero attached hydrogens (tertiary/aromatic N) is 3. The van der Waals surface area contributed by atoms with Crippen molar-refractivity contribution in [3.63, 3.8) is 0 Å². The van der Waals surface area contributed by atoms with Crippen LogP contribution in [-0.2, 0) is 17.8 Å². The van der Waals surface area contributed by atoms with Crippen molar-refractivity contribution in [2.75, 3.05) is 0 Å². The molecule has 0 saturated carbocycles. The fraction of sp³-hybridized carbons (Fsp3) is 0.105. The molecule has 1 N–H and O–H groups in total. The average Bonchev–Trinajstić information content (AvgIpc) is 3.32. The number of nitrogens with one attached hydrogen (secondary N) is 1. The number of rotatable bonds is 5. The molecule has 5 nitrogen and oxygen atoms in total. The molecule has 0 unspecified atom stereocenters. The van der Waals surface area contributed by atoms with Gasteiger partial charge in [0.05, 0.1) is 24.8 Å². The molecule has 6 heteroatoms. The van der Waals surface area contributed by atoms with Crippen molar-refractivity contribution in [3.8, 4) is 5.69 Å². The molecule has 2 aromatic heterocycles. The third kappa shape index (κ3) is 3.44. The zero-order valence-electron chi connectivity index (χ0n) is 13.4. The lowest BCUT2D eigenvalue weighted by molar-refractivity contribution is -0.120. The van der Waals surface area contributed by atoms with Crippen LogP contribution < -0.4 is 5.32 Å². The van der Waals surface area contributed by atoms with Crippen LogP contribution in [0.5, 0.6) is 0 Å². The molecule has 4 aromatic rings. The molecule has 2 heterocycles. The lowest BCUT2D eigenvalue weighted by atomic mass is 10.0. The van der Waals surface area contributed by atoms with Crippen LogP contribution in [0.2, 0.25) is 0 Å². The van der Waals surface area contributed by atoms with E-state index < -0.39 is 0 Å². The molecule has 25 heavy (non-hydrogen) atoms. The van der Waals surface area contributed by atoms with Crippen molar-refractivity contribution in [2.24, 2.45) is 0 Å². The summed E-state index contributed by atoms with van der Waals surface area (Å²) in [4.78, 5) is 12.3. The van der Waals surface area contributed by atoms with E-state index in [9.17, 15) is 4.79 Å². The van der Waals surface area contributed by atoms with E-state index in [1.165, 1.54) is 0 Å². The van der Waals surface area contributed by atoms with Crippen molar-refractivity contribution in [3.05, 3.63) is 76.7 Å². The van der Waals surface area contributed by atoms with Crippen molar-refractivity contribution < 1.29 is 4.79 Å². The quantitative estimate of drug-likeness (QED) is 0.602. The van der Waals surface area contributed by atoms with E-state index in [4.69, 9.17) is 0 Å². The van der Waals surface area contributed by atoms with Gasteiger partial charge in [-0.05, 0) is 27.8 Å². The van der Waals surface area contributed by atoms with Gasteiger partial charge in [-0.15, -0.1) is 5.10 Å². The molecule has 124 valence electrons. The Morgan fingerprint density at radius 3 is 2.88 bits per heavy atom. The first kappa shape index (κ1) is 15.5. The number of fused-ring (bicyclic) bond motifs is 1. The molecule has 0 spiro atoms. The predicted molar refractivity (Wildman–Crippen MR) is 98.7 cm³/mol. The van der Waals surface area contributed by atoms with Crippen LogP contribution in [0.1, 0.15) is 11.3 Å². The van der Waals surface area contributed by atoms with Crippen LogP contribution in [-0.4, -0.2) is 20.9 Å². The Morgan fingerprint density at radius 1 is 1.12 bits per heavy atom. The van der Waals surface area contributed by atoms with Gasteiger partial charge >= 0.3 is 0 Å². The SMILES string of the molecule is O=C(Cc1cccc2ccccc12)NCc1cn(-c2ccsc2)nn1. The minimum Gasteiger partial charge on any atom is -0.350 e. The third-order valence-corrected chi connectivity index (χ3v) is 4.68. The van der Waals surface area contributed by atoms with Gasteiger partial charge in [0, 0.05) is 5.38 Å². The first-order chi connectivity index (χ1) is 12.3. The summed E-state index contributed by atoms with van der Waals surface area (Å²) < 4.78 is 1.71. The van der Waals surface area contributed by atoms with Crippen LogP contribution in [0.4, 0.5) is 0 Å². The fourth-order valence-electron chi connectivity index (χ4n) is 2.76. The van der Waals surface area contributed by atoms with E-state index in [2.05, 4.69) is 27.8 Å². The zero-order chi connectivity index (χ0) is 17.1. The van der Waals surface area contributed by atoms with Crippen molar-refractivity contribution in [1.82, 2.24) is 20.3 Å². The summed E-state index contributed by atoms with van der Waals surface area (Å²) in [5.74, 6) is -0.0264. The van der Waals surface area contributed by atoms with Crippen molar-refractivity contribution in [2.45, 2.75) is 13.0 Å². The summed E-state index contributed by atoms with van der Waals surface area (Å²) in [5, 5.41) is 17.4. The maximum absolute atomic E-state index is 12.3. The lowest BCUT2D eigenvalue weighted by Gasteiger charge is -2.07. The molecule has 1 amide bonds. The normalized spacial score (nSPS) is 10.9. The Morgan fingerprint density at radius 2 is 2.00 bits per heavy atom. The maximum atomic E-state index is 12.3. The van der Waals surface area contributed by atoms with E-state index in [0.29, 0.717) is 13.0 Å². The highest BCUT2D eigenvalue weighted by molar-refractivity contribution is 7.08. The maximum Gasteiger partial charge on any atom is 0.224 e. The highest BCUT2D eigenvalue weighted by Gasteiger charge is 2.08. The number of thiophene rings is 1. The Hall–Kier alpha value is -2.99. The average molecular weight is 348 g/mol. The van der Waals surface area contributed by atoms with Crippen LogP contribution in [0.3, 0.4) is 0 Å². The van der Waals surface area contributed by atoms with E-state index in [-0.39, 0.29) is 5.91 Å². The topological polar surface area (TPSA) is 59.8 Å². The summed E-state index contributed by atoms with van der Waals surface area (Å²) >= 11 is 1.61. The van der Waals surface area contributed by atoms with Gasteiger partial charge < -0.3 is 5.32 Å². The predicted octanol–water partition coefficient (Wildman–Crippen LogP) is 3.34. The first-order valence-corrected chi connectivity index (χ1v) is 8.91. The van der Waals surface area contributed by atoms with E-state index in [0.717, 1.165) is 27.7 Å². The van der Waals surface area contributed by atoms with Crippen LogP contribution in [0.25, 0.3) is 16.5 Å². The Labute approximate surface area is 148 Å². The smallest absolute Gasteiger partial charge is 0.224 e. The molecule has 0 aliphatic rings. The summed E-state index contributed by atoms with van der Waals surface area (Å²) in [6.07, 6.45) is 2.18. The van der Waals surface area contributed by atoms with Gasteiger partial charge in [-0.3, -0.25) is 4.79 Å². The Bertz CT molecular complexity index is 1000. The molecule has 0 aliphatic carbocycles. The van der Waals surface area contributed by atoms with Crippen molar-refractivity contribution in [1.29, 1.82) is 0 Å². The van der Waals surface area contributed by atoms with Gasteiger partial charge in [-0.2, -0.15) is 11.3 Å². The number of amides is 1. The minimum absolute atomic E-state index is 0.0264. The number of hydrogen-bond donors (Lipinski definition) is 1. The summed E-state index contributed by atoms with van der Waals surface area (Å²) in [6, 6.07) is 16.1. The van der Waals surface area contributed by atoms with Gasteiger partial charge in [0.1, 0.15) is 5.69 Å². The van der Waals surface area contributed by atoms with Gasteiger partial charge in [0.25, 0.3) is 0 Å². The molecule has 2 aromatic carbocycles. The second kappa shape index (κ2) is 6.86. The fourth-order valence-corrected chi connectivity index (χ4v) is 3.39. The second-order valence-electron chi connectivity index (χ2n) is 5.73. The summed E-state index contributed by atoms with van der Waals surface area (Å²) in [7, 11) is 0. The van der Waals surface area contributed by atoms with Crippen LogP contribution >= 0.6 is 11.3 Å². The molecule has 0 saturated heterocycles. The van der Waals surface area contributed by atoms with E-state index in [1.807, 2.05) is 53.4 Å². The molecule has 4 rings (SSSR count). The van der Waals surface area contributed by atoms with Crippen molar-refractivity contribution >= 4 is 28.0 Å². The highest BCUT2D eigenvalue weighted by atomic mass is 32.1. The molecule has 0 aliphatic heterocycles. The molecule has 0 atom stereocenters. The number of aromatic nitrogens is 3. The first-order valence-electron chi connectivity index (χ1n) is 7.97. The highest BCUT2D eigenvalue weighted by Crippen LogP contribution is 2.18. The van der Waals surface area contributed by atoms with E-state index >= 15 is 0 Å². The van der Waals surface area contributed by atoms with Crippen LogP contribution in [0.15, 0.2) is 65.5 Å². The minimum atomic E-state index is -0.0264. The standard InChI is InChI=1S/C19H16N4OS/c24-19(10-15-6-3-5-14-4-1-2-7-18(14)15)20-11-16-12-23(22-21-16)17-8-9-25-13-17/h1-9,12-13H,10-11H2,(H,20,24). The molecular weight excluding hydrogens is 332 g/mol. The van der Waals surface area contributed by atoms with Gasteiger partial charge in [0.2, 0.25) is 5.91 Å². The summed E-state index contributed by atoms with van der Waals surface area (Å²) in [5.41, 5.74) is 2.74. The second-order valence-corrected chi connectivity index (χ2v) is 6.51. The van der Waals surface area contributed by atoms with Crippen LogP contribution in [0, 0.1) is 0 Å². The monoisotopic (exact) mass is 348 g/mol. The lowest BCUT2D eigenvalue weighted by Crippen LogP contribution is -2.24. The molecule has 0 radical (unpaired) electrons. The van der Waals surface area contributed by atoms with E-state index in [1.54, 1.807) is 16.0 Å². The molecular formula is C19H16N4OS. The largest absolute Gasteiger partial charge is 0.350 e.